The van der Waals surface area contributed by atoms with Gasteiger partial charge in [0.2, 0.25) is 0 Å². The molecule has 2 aromatic rings. The van der Waals surface area contributed by atoms with Gasteiger partial charge in [-0.1, -0.05) is 43.2 Å². The van der Waals surface area contributed by atoms with E-state index in [0.717, 1.165) is 30.9 Å². The van der Waals surface area contributed by atoms with Gasteiger partial charge in [-0.2, -0.15) is 0 Å². The lowest BCUT2D eigenvalue weighted by Gasteiger charge is -2.06. The summed E-state index contributed by atoms with van der Waals surface area (Å²) >= 11 is 0. The van der Waals surface area contributed by atoms with Crippen LogP contribution in [0, 0.1) is 0 Å². The lowest BCUT2D eigenvalue weighted by Crippen LogP contribution is -1.97. The highest BCUT2D eigenvalue weighted by Gasteiger charge is 1.98. The molecule has 0 bridgehead atoms. The van der Waals surface area contributed by atoms with Gasteiger partial charge in [-0.25, -0.2) is 0 Å². The smallest absolute Gasteiger partial charge is 0.127 e. The third kappa shape index (κ3) is 5.06. The van der Waals surface area contributed by atoms with Gasteiger partial charge in [0, 0.05) is 0 Å². The zero-order chi connectivity index (χ0) is 14.0. The molecule has 0 saturated carbocycles. The average Bonchev–Trinajstić information content (AvgIpc) is 2.50. The molecule has 20 heavy (non-hydrogen) atoms. The maximum Gasteiger partial charge on any atom is 0.127 e. The minimum Gasteiger partial charge on any atom is -0.457 e. The summed E-state index contributed by atoms with van der Waals surface area (Å²) in [6.07, 6.45) is 6.02. The minimum atomic E-state index is 0.811. The first-order valence-electron chi connectivity index (χ1n) is 7.40. The molecule has 0 aromatic heterocycles. The van der Waals surface area contributed by atoms with Crippen LogP contribution < -0.4 is 10.5 Å². The Bertz CT molecular complexity index is 479. The van der Waals surface area contributed by atoms with Crippen molar-refractivity contribution in [3.8, 4) is 11.5 Å². The highest BCUT2D eigenvalue weighted by Crippen LogP contribution is 2.21. The second kappa shape index (κ2) is 8.39. The standard InChI is InChI=1S/C18H23NO/c19-15-7-2-1-4-8-16-11-13-18(14-12-16)20-17-9-5-3-6-10-17/h3,5-6,9-14H,1-2,4,7-8,15,19H2. The predicted octanol–water partition coefficient (Wildman–Crippen LogP) is 4.54. The van der Waals surface area contributed by atoms with E-state index in [1.807, 2.05) is 42.5 Å². The molecule has 0 heterocycles. The average molecular weight is 269 g/mol. The summed E-state index contributed by atoms with van der Waals surface area (Å²) in [4.78, 5) is 0. The summed E-state index contributed by atoms with van der Waals surface area (Å²) in [5.41, 5.74) is 6.86. The van der Waals surface area contributed by atoms with Crippen LogP contribution in [0.5, 0.6) is 11.5 Å². The topological polar surface area (TPSA) is 35.2 Å². The Morgan fingerprint density at radius 1 is 0.700 bits per heavy atom. The van der Waals surface area contributed by atoms with Gasteiger partial charge in [0.1, 0.15) is 11.5 Å². The van der Waals surface area contributed by atoms with E-state index in [9.17, 15) is 0 Å². The fourth-order valence-corrected chi connectivity index (χ4v) is 2.18. The maximum atomic E-state index is 5.78. The number of hydrogen-bond acceptors (Lipinski definition) is 2. The minimum absolute atomic E-state index is 0.811. The fourth-order valence-electron chi connectivity index (χ4n) is 2.18. The summed E-state index contributed by atoms with van der Waals surface area (Å²) in [6, 6.07) is 18.3. The number of rotatable bonds is 8. The Morgan fingerprint density at radius 3 is 2.05 bits per heavy atom. The van der Waals surface area contributed by atoms with E-state index in [1.165, 1.54) is 24.8 Å². The molecule has 2 nitrogen and oxygen atoms in total. The van der Waals surface area contributed by atoms with Crippen molar-refractivity contribution in [2.75, 3.05) is 6.54 Å². The molecule has 0 amide bonds. The number of hydrogen-bond donors (Lipinski definition) is 1. The van der Waals surface area contributed by atoms with E-state index in [0.29, 0.717) is 0 Å². The summed E-state index contributed by atoms with van der Waals surface area (Å²) in [7, 11) is 0. The van der Waals surface area contributed by atoms with Crippen LogP contribution in [0.4, 0.5) is 0 Å². The number of nitrogens with two attached hydrogens (primary N) is 1. The summed E-state index contributed by atoms with van der Waals surface area (Å²) in [6.45, 7) is 0.811. The quantitative estimate of drug-likeness (QED) is 0.714. The number of benzene rings is 2. The van der Waals surface area contributed by atoms with Gasteiger partial charge in [0.05, 0.1) is 0 Å². The molecule has 0 aliphatic heterocycles. The molecular formula is C18H23NO. The summed E-state index contributed by atoms with van der Waals surface area (Å²) < 4.78 is 5.78. The van der Waals surface area contributed by atoms with Crippen LogP contribution in [0.2, 0.25) is 0 Å². The van der Waals surface area contributed by atoms with Crippen molar-refractivity contribution >= 4 is 0 Å². The van der Waals surface area contributed by atoms with E-state index in [2.05, 4.69) is 12.1 Å². The van der Waals surface area contributed by atoms with Crippen molar-refractivity contribution in [1.29, 1.82) is 0 Å². The van der Waals surface area contributed by atoms with E-state index in [1.54, 1.807) is 0 Å². The van der Waals surface area contributed by atoms with Gasteiger partial charge in [-0.15, -0.1) is 0 Å². The second-order valence-corrected chi connectivity index (χ2v) is 5.01. The zero-order valence-corrected chi connectivity index (χ0v) is 11.9. The molecule has 106 valence electrons. The lowest BCUT2D eigenvalue weighted by atomic mass is 10.1. The number of para-hydroxylation sites is 1. The Balaban J connectivity index is 1.78. The number of unbranched alkanes of at least 4 members (excludes halogenated alkanes) is 3. The molecule has 0 unspecified atom stereocenters. The van der Waals surface area contributed by atoms with E-state index < -0.39 is 0 Å². The third-order valence-electron chi connectivity index (χ3n) is 3.32. The zero-order valence-electron chi connectivity index (χ0n) is 11.9. The fraction of sp³-hybridized carbons (Fsp3) is 0.333. The normalized spacial score (nSPS) is 10.4. The molecule has 0 fully saturated rings. The van der Waals surface area contributed by atoms with Gasteiger partial charge >= 0.3 is 0 Å². The first-order chi connectivity index (χ1) is 9.88. The van der Waals surface area contributed by atoms with Crippen molar-refractivity contribution in [1.82, 2.24) is 0 Å². The van der Waals surface area contributed by atoms with Crippen LogP contribution in [0.3, 0.4) is 0 Å². The molecule has 0 saturated heterocycles. The lowest BCUT2D eigenvalue weighted by molar-refractivity contribution is 0.482. The van der Waals surface area contributed by atoms with Crippen LogP contribution in [0.1, 0.15) is 31.2 Å². The molecule has 2 heteroatoms. The first kappa shape index (κ1) is 14.6. The van der Waals surface area contributed by atoms with Crippen molar-refractivity contribution in [2.24, 2.45) is 5.73 Å². The van der Waals surface area contributed by atoms with E-state index >= 15 is 0 Å². The molecule has 0 atom stereocenters. The second-order valence-electron chi connectivity index (χ2n) is 5.01. The number of ether oxygens (including phenoxy) is 1. The Kier molecular flexibility index (Phi) is 6.12. The highest BCUT2D eigenvalue weighted by atomic mass is 16.5. The van der Waals surface area contributed by atoms with Gasteiger partial charge in [-0.05, 0) is 55.6 Å². The SMILES string of the molecule is NCCCCCCc1ccc(Oc2ccccc2)cc1. The van der Waals surface area contributed by atoms with Crippen LogP contribution in [-0.4, -0.2) is 6.54 Å². The van der Waals surface area contributed by atoms with Gasteiger partial charge < -0.3 is 10.5 Å². The van der Waals surface area contributed by atoms with Gasteiger partial charge in [-0.3, -0.25) is 0 Å². The van der Waals surface area contributed by atoms with Crippen LogP contribution in [0.25, 0.3) is 0 Å². The van der Waals surface area contributed by atoms with Crippen LogP contribution in [0.15, 0.2) is 54.6 Å². The van der Waals surface area contributed by atoms with E-state index in [4.69, 9.17) is 10.5 Å². The molecule has 0 aliphatic carbocycles. The third-order valence-corrected chi connectivity index (χ3v) is 3.32. The van der Waals surface area contributed by atoms with Crippen molar-refractivity contribution in [3.63, 3.8) is 0 Å². The maximum absolute atomic E-state index is 5.78. The Labute approximate surface area is 121 Å². The summed E-state index contributed by atoms with van der Waals surface area (Å²) in [5.74, 6) is 1.77. The Morgan fingerprint density at radius 2 is 1.35 bits per heavy atom. The predicted molar refractivity (Wildman–Crippen MR) is 84.2 cm³/mol. The molecule has 2 rings (SSSR count). The molecule has 0 radical (unpaired) electrons. The first-order valence-corrected chi connectivity index (χ1v) is 7.40. The molecular weight excluding hydrogens is 246 g/mol. The van der Waals surface area contributed by atoms with Crippen molar-refractivity contribution in [3.05, 3.63) is 60.2 Å². The van der Waals surface area contributed by atoms with Gasteiger partial charge in [0.25, 0.3) is 0 Å². The molecule has 0 aliphatic rings. The molecule has 0 spiro atoms. The van der Waals surface area contributed by atoms with E-state index in [-0.39, 0.29) is 0 Å². The van der Waals surface area contributed by atoms with Crippen molar-refractivity contribution in [2.45, 2.75) is 32.1 Å². The van der Waals surface area contributed by atoms with Gasteiger partial charge in [0.15, 0.2) is 0 Å². The molecule has 2 aromatic carbocycles. The monoisotopic (exact) mass is 269 g/mol. The summed E-state index contributed by atoms with van der Waals surface area (Å²) in [5, 5.41) is 0. The van der Waals surface area contributed by atoms with Crippen molar-refractivity contribution < 1.29 is 4.74 Å². The van der Waals surface area contributed by atoms with Crippen LogP contribution >= 0.6 is 0 Å². The highest BCUT2D eigenvalue weighted by molar-refractivity contribution is 5.32. The van der Waals surface area contributed by atoms with Crippen LogP contribution in [-0.2, 0) is 6.42 Å². The molecule has 2 N–H and O–H groups in total. The number of aryl methyl sites for hydroxylation is 1. The Hall–Kier alpha value is -1.80. The largest absolute Gasteiger partial charge is 0.457 e.